The Hall–Kier alpha value is -2.09. The van der Waals surface area contributed by atoms with Gasteiger partial charge in [-0.25, -0.2) is 0 Å². The van der Waals surface area contributed by atoms with Gasteiger partial charge < -0.3 is 4.42 Å². The van der Waals surface area contributed by atoms with E-state index in [2.05, 4.69) is 37.3 Å². The van der Waals surface area contributed by atoms with Crippen molar-refractivity contribution in [2.24, 2.45) is 28.6 Å². The number of furan rings is 1. The fourth-order valence-corrected chi connectivity index (χ4v) is 8.29. The van der Waals surface area contributed by atoms with Gasteiger partial charge >= 0.3 is 0 Å². The van der Waals surface area contributed by atoms with Crippen LogP contribution in [0.5, 0.6) is 0 Å². The van der Waals surface area contributed by atoms with E-state index < -0.39 is 0 Å². The first-order chi connectivity index (χ1) is 15.1. The van der Waals surface area contributed by atoms with Crippen molar-refractivity contribution in [2.75, 3.05) is 0 Å². The summed E-state index contributed by atoms with van der Waals surface area (Å²) in [7, 11) is 0. The van der Waals surface area contributed by atoms with E-state index in [0.29, 0.717) is 11.2 Å². The number of ketones is 1. The van der Waals surface area contributed by atoms with Crippen molar-refractivity contribution in [3.8, 4) is 11.1 Å². The molecule has 162 valence electrons. The number of rotatable bonds is 3. The SMILES string of the molecule is C[C@@]12CCC[C@H]1[C@@H]1CCC3=CC(=O)CC[C@]3(Cc3ccc(-c4ccoc4)cc3)[C@@H]1CC2. The molecule has 4 aliphatic carbocycles. The maximum Gasteiger partial charge on any atom is 0.155 e. The van der Waals surface area contributed by atoms with Gasteiger partial charge in [0, 0.05) is 12.0 Å². The Morgan fingerprint density at radius 2 is 1.81 bits per heavy atom. The molecule has 0 unspecified atom stereocenters. The average Bonchev–Trinajstić information content (AvgIpc) is 3.44. The molecule has 1 aromatic heterocycles. The van der Waals surface area contributed by atoms with Gasteiger partial charge in [-0.05, 0) is 103 Å². The van der Waals surface area contributed by atoms with Gasteiger partial charge in [-0.3, -0.25) is 4.79 Å². The van der Waals surface area contributed by atoms with Crippen LogP contribution in [0.3, 0.4) is 0 Å². The molecule has 0 spiro atoms. The van der Waals surface area contributed by atoms with E-state index in [4.69, 9.17) is 4.42 Å². The minimum absolute atomic E-state index is 0.206. The number of fused-ring (bicyclic) bond motifs is 5. The summed E-state index contributed by atoms with van der Waals surface area (Å²) in [4.78, 5) is 12.4. The van der Waals surface area contributed by atoms with Crippen LogP contribution in [-0.2, 0) is 11.2 Å². The summed E-state index contributed by atoms with van der Waals surface area (Å²) in [5.74, 6) is 2.88. The lowest BCUT2D eigenvalue weighted by Gasteiger charge is -2.58. The molecule has 2 nitrogen and oxygen atoms in total. The molecule has 5 atom stereocenters. The molecule has 3 saturated carbocycles. The first-order valence-corrected chi connectivity index (χ1v) is 12.4. The summed E-state index contributed by atoms with van der Waals surface area (Å²) < 4.78 is 5.26. The van der Waals surface area contributed by atoms with E-state index in [1.54, 1.807) is 6.26 Å². The summed E-state index contributed by atoms with van der Waals surface area (Å²) >= 11 is 0. The Labute approximate surface area is 186 Å². The van der Waals surface area contributed by atoms with Crippen LogP contribution in [0, 0.1) is 28.6 Å². The highest BCUT2D eigenvalue weighted by Crippen LogP contribution is 2.66. The first-order valence-electron chi connectivity index (χ1n) is 12.4. The lowest BCUT2D eigenvalue weighted by atomic mass is 9.46. The van der Waals surface area contributed by atoms with Crippen LogP contribution < -0.4 is 0 Å². The molecule has 0 amide bonds. The number of carbonyl (C=O) groups excluding carboxylic acids is 1. The molecule has 0 saturated heterocycles. The Balaban J connectivity index is 1.35. The van der Waals surface area contributed by atoms with E-state index in [-0.39, 0.29) is 5.41 Å². The van der Waals surface area contributed by atoms with Gasteiger partial charge in [0.05, 0.1) is 12.5 Å². The maximum absolute atomic E-state index is 12.4. The molecule has 3 fully saturated rings. The quantitative estimate of drug-likeness (QED) is 0.524. The minimum atomic E-state index is 0.206. The van der Waals surface area contributed by atoms with Gasteiger partial charge in [0.2, 0.25) is 0 Å². The highest BCUT2D eigenvalue weighted by Gasteiger charge is 2.57. The Morgan fingerprint density at radius 1 is 0.935 bits per heavy atom. The van der Waals surface area contributed by atoms with Gasteiger partial charge in [0.15, 0.2) is 5.78 Å². The fourth-order valence-electron chi connectivity index (χ4n) is 8.29. The average molecular weight is 415 g/mol. The zero-order chi connectivity index (χ0) is 21.1. The van der Waals surface area contributed by atoms with Crippen molar-refractivity contribution >= 4 is 5.78 Å². The zero-order valence-electron chi connectivity index (χ0n) is 18.7. The normalized spacial score (nSPS) is 37.0. The highest BCUT2D eigenvalue weighted by atomic mass is 16.3. The topological polar surface area (TPSA) is 30.2 Å². The number of hydrogen-bond acceptors (Lipinski definition) is 2. The van der Waals surface area contributed by atoms with Crippen LogP contribution in [-0.4, -0.2) is 5.78 Å². The summed E-state index contributed by atoms with van der Waals surface area (Å²) in [5, 5.41) is 0. The molecule has 2 heteroatoms. The highest BCUT2D eigenvalue weighted by molar-refractivity contribution is 5.91. The Morgan fingerprint density at radius 3 is 2.61 bits per heavy atom. The predicted octanol–water partition coefficient (Wildman–Crippen LogP) is 7.39. The molecule has 1 aromatic carbocycles. The molecule has 4 aliphatic rings. The number of allylic oxidation sites excluding steroid dienone is 1. The third-order valence-electron chi connectivity index (χ3n) is 9.80. The van der Waals surface area contributed by atoms with Crippen LogP contribution in [0.1, 0.15) is 70.3 Å². The molecule has 0 bridgehead atoms. The Bertz CT molecular complexity index is 998. The van der Waals surface area contributed by atoms with Crippen LogP contribution in [0.4, 0.5) is 0 Å². The molecule has 0 aliphatic heterocycles. The van der Waals surface area contributed by atoms with Crippen LogP contribution >= 0.6 is 0 Å². The van der Waals surface area contributed by atoms with Crippen molar-refractivity contribution < 1.29 is 9.21 Å². The molecular formula is C29H34O2. The molecule has 31 heavy (non-hydrogen) atoms. The van der Waals surface area contributed by atoms with Crippen molar-refractivity contribution in [1.82, 2.24) is 0 Å². The van der Waals surface area contributed by atoms with Crippen LogP contribution in [0.2, 0.25) is 0 Å². The predicted molar refractivity (Wildman–Crippen MR) is 124 cm³/mol. The minimum Gasteiger partial charge on any atom is -0.472 e. The summed E-state index contributed by atoms with van der Waals surface area (Å²) in [6.45, 7) is 2.58. The molecule has 2 aromatic rings. The maximum atomic E-state index is 12.4. The fraction of sp³-hybridized carbons (Fsp3) is 0.552. The van der Waals surface area contributed by atoms with Gasteiger partial charge in [0.1, 0.15) is 0 Å². The van der Waals surface area contributed by atoms with Crippen LogP contribution in [0.15, 0.2) is 58.9 Å². The monoisotopic (exact) mass is 414 g/mol. The largest absolute Gasteiger partial charge is 0.472 e. The molecule has 0 N–H and O–H groups in total. The second-order valence-corrected chi connectivity index (χ2v) is 11.2. The Kier molecular flexibility index (Phi) is 4.56. The number of carbonyl (C=O) groups is 1. The molecule has 0 radical (unpaired) electrons. The van der Waals surface area contributed by atoms with Gasteiger partial charge in [-0.15, -0.1) is 0 Å². The lowest BCUT2D eigenvalue weighted by Crippen LogP contribution is -2.51. The van der Waals surface area contributed by atoms with Crippen molar-refractivity contribution in [3.05, 3.63) is 60.1 Å². The standard InChI is InChI=1S/C29H34O2/c1-28-13-2-3-26(28)25-9-8-23-17-24(30)10-15-29(23,27(25)11-14-28)18-20-4-6-21(7-5-20)22-12-16-31-19-22/h4-7,12,16-17,19,25-27H,2-3,8-11,13-15,18H2,1H3/t25-,26-,27+,28-,29+/m0/s1. The summed E-state index contributed by atoms with van der Waals surface area (Å²) in [6, 6.07) is 11.1. The summed E-state index contributed by atoms with van der Waals surface area (Å²) in [5.41, 5.74) is 6.06. The molecule has 1 heterocycles. The van der Waals surface area contributed by atoms with E-state index >= 15 is 0 Å². The van der Waals surface area contributed by atoms with Crippen molar-refractivity contribution in [1.29, 1.82) is 0 Å². The zero-order valence-corrected chi connectivity index (χ0v) is 18.7. The lowest BCUT2D eigenvalue weighted by molar-refractivity contribution is -0.117. The third-order valence-corrected chi connectivity index (χ3v) is 9.80. The third kappa shape index (κ3) is 3.09. The van der Waals surface area contributed by atoms with Gasteiger partial charge in [-0.2, -0.15) is 0 Å². The van der Waals surface area contributed by atoms with E-state index in [1.165, 1.54) is 55.2 Å². The van der Waals surface area contributed by atoms with E-state index in [9.17, 15) is 4.79 Å². The van der Waals surface area contributed by atoms with Crippen molar-refractivity contribution in [3.63, 3.8) is 0 Å². The van der Waals surface area contributed by atoms with E-state index in [0.717, 1.165) is 49.0 Å². The smallest absolute Gasteiger partial charge is 0.155 e. The first kappa shape index (κ1) is 19.6. The number of hydrogen-bond donors (Lipinski definition) is 0. The second kappa shape index (κ2) is 7.22. The van der Waals surface area contributed by atoms with Crippen molar-refractivity contribution in [2.45, 2.75) is 71.1 Å². The second-order valence-electron chi connectivity index (χ2n) is 11.2. The van der Waals surface area contributed by atoms with Crippen LogP contribution in [0.25, 0.3) is 11.1 Å². The van der Waals surface area contributed by atoms with E-state index in [1.807, 2.05) is 12.3 Å². The summed E-state index contributed by atoms with van der Waals surface area (Å²) in [6.07, 6.45) is 18.0. The van der Waals surface area contributed by atoms with Gasteiger partial charge in [-0.1, -0.05) is 43.2 Å². The molecular weight excluding hydrogens is 380 g/mol. The number of benzene rings is 1. The molecule has 6 rings (SSSR count). The van der Waals surface area contributed by atoms with Gasteiger partial charge in [0.25, 0.3) is 0 Å².